The van der Waals surface area contributed by atoms with Gasteiger partial charge in [0.15, 0.2) is 0 Å². The third-order valence-corrected chi connectivity index (χ3v) is 6.03. The molecule has 2 aliphatic heterocycles. The molecule has 0 radical (unpaired) electrons. The van der Waals surface area contributed by atoms with Crippen molar-refractivity contribution in [2.24, 2.45) is 5.92 Å². The van der Waals surface area contributed by atoms with Gasteiger partial charge in [-0.15, -0.1) is 0 Å². The van der Waals surface area contributed by atoms with Crippen LogP contribution in [-0.4, -0.2) is 45.1 Å². The van der Waals surface area contributed by atoms with Crippen LogP contribution in [0.4, 0.5) is 5.69 Å². The van der Waals surface area contributed by atoms with E-state index in [1.54, 1.807) is 30.7 Å². The average Bonchev–Trinajstić information content (AvgIpc) is 3.28. The zero-order valence-corrected chi connectivity index (χ0v) is 16.9. The Morgan fingerprint density at radius 2 is 2.03 bits per heavy atom. The minimum Gasteiger partial charge on any atom is -0.394 e. The van der Waals surface area contributed by atoms with Crippen LogP contribution in [0.5, 0.6) is 0 Å². The van der Waals surface area contributed by atoms with Crippen LogP contribution < -0.4 is 5.32 Å². The summed E-state index contributed by atoms with van der Waals surface area (Å²) in [7, 11) is 0. The van der Waals surface area contributed by atoms with Crippen molar-refractivity contribution in [2.45, 2.75) is 18.5 Å². The lowest BCUT2D eigenvalue weighted by atomic mass is 9.82. The molecule has 1 fully saturated rings. The number of anilines is 1. The van der Waals surface area contributed by atoms with E-state index in [4.69, 9.17) is 0 Å². The number of aromatic nitrogens is 2. The monoisotopic (exact) mass is 410 g/mol. The van der Waals surface area contributed by atoms with Crippen molar-refractivity contribution < 1.29 is 9.90 Å². The topological polar surface area (TPSA) is 78.4 Å². The van der Waals surface area contributed by atoms with E-state index in [0.717, 1.165) is 28.8 Å². The van der Waals surface area contributed by atoms with Gasteiger partial charge in [-0.05, 0) is 54.4 Å². The van der Waals surface area contributed by atoms with Gasteiger partial charge in [0.1, 0.15) is 5.69 Å². The fourth-order valence-electron chi connectivity index (χ4n) is 4.59. The van der Waals surface area contributed by atoms with E-state index < -0.39 is 0 Å². The van der Waals surface area contributed by atoms with Crippen molar-refractivity contribution >= 4 is 11.6 Å². The molecule has 1 aromatic carbocycles. The van der Waals surface area contributed by atoms with E-state index >= 15 is 0 Å². The number of rotatable bonds is 2. The zero-order chi connectivity index (χ0) is 21.2. The molecule has 6 nitrogen and oxygen atoms in total. The van der Waals surface area contributed by atoms with Crippen LogP contribution in [0.3, 0.4) is 0 Å². The molecule has 3 aromatic rings. The van der Waals surface area contributed by atoms with Crippen molar-refractivity contribution in [1.29, 1.82) is 0 Å². The molecular weight excluding hydrogens is 388 g/mol. The second-order valence-electron chi connectivity index (χ2n) is 7.84. The molecule has 2 N–H and O–H groups in total. The summed E-state index contributed by atoms with van der Waals surface area (Å²) in [5.74, 6) is 6.40. The fourth-order valence-corrected chi connectivity index (χ4v) is 4.59. The smallest absolute Gasteiger partial charge is 0.272 e. The third-order valence-electron chi connectivity index (χ3n) is 6.03. The lowest BCUT2D eigenvalue weighted by Crippen LogP contribution is -2.43. The number of carbonyl (C=O) groups is 1. The number of hydrogen-bond acceptors (Lipinski definition) is 5. The van der Waals surface area contributed by atoms with Crippen molar-refractivity contribution in [3.63, 3.8) is 0 Å². The van der Waals surface area contributed by atoms with Crippen molar-refractivity contribution in [2.75, 3.05) is 18.5 Å². The minimum absolute atomic E-state index is 0.0226. The molecule has 154 valence electrons. The summed E-state index contributed by atoms with van der Waals surface area (Å²) in [6.45, 7) is 0.655. The molecule has 1 amide bonds. The predicted molar refractivity (Wildman–Crippen MR) is 117 cm³/mol. The van der Waals surface area contributed by atoms with Gasteiger partial charge in [0.2, 0.25) is 0 Å². The van der Waals surface area contributed by atoms with Crippen LogP contribution in [0.2, 0.25) is 0 Å². The minimum atomic E-state index is -0.122. The largest absolute Gasteiger partial charge is 0.394 e. The molecule has 3 atom stereocenters. The van der Waals surface area contributed by atoms with Gasteiger partial charge in [0.25, 0.3) is 5.91 Å². The molecule has 4 heterocycles. The van der Waals surface area contributed by atoms with Crippen LogP contribution in [-0.2, 0) is 0 Å². The van der Waals surface area contributed by atoms with E-state index in [0.29, 0.717) is 12.2 Å². The Hall–Kier alpha value is -3.69. The van der Waals surface area contributed by atoms with E-state index in [9.17, 15) is 9.90 Å². The first-order valence-electron chi connectivity index (χ1n) is 10.4. The average molecular weight is 410 g/mol. The molecule has 2 aromatic heterocycles. The number of pyridine rings is 2. The molecule has 2 aliphatic rings. The van der Waals surface area contributed by atoms with E-state index in [1.165, 1.54) is 0 Å². The molecular formula is C25H22N4O2. The summed E-state index contributed by atoms with van der Waals surface area (Å²) in [6.07, 6.45) is 5.92. The quantitative estimate of drug-likeness (QED) is 0.636. The lowest BCUT2D eigenvalue weighted by Gasteiger charge is -2.39. The Morgan fingerprint density at radius 1 is 1.13 bits per heavy atom. The molecule has 6 heteroatoms. The van der Waals surface area contributed by atoms with Crippen molar-refractivity contribution in [3.8, 4) is 11.8 Å². The maximum absolute atomic E-state index is 13.2. The molecule has 5 rings (SSSR count). The maximum atomic E-state index is 13.2. The van der Waals surface area contributed by atoms with Crippen LogP contribution >= 0.6 is 0 Å². The summed E-state index contributed by atoms with van der Waals surface area (Å²) < 4.78 is 0. The van der Waals surface area contributed by atoms with Gasteiger partial charge in [0.05, 0.1) is 18.7 Å². The van der Waals surface area contributed by atoms with Crippen molar-refractivity contribution in [1.82, 2.24) is 14.9 Å². The number of aliphatic hydroxyl groups excluding tert-OH is 1. The van der Waals surface area contributed by atoms with Gasteiger partial charge in [0, 0.05) is 47.9 Å². The zero-order valence-electron chi connectivity index (χ0n) is 16.9. The van der Waals surface area contributed by atoms with Crippen LogP contribution in [0.25, 0.3) is 0 Å². The lowest BCUT2D eigenvalue weighted by molar-refractivity contribution is 0.0695. The van der Waals surface area contributed by atoms with Gasteiger partial charge in [-0.1, -0.05) is 17.9 Å². The molecule has 0 spiro atoms. The molecule has 0 bridgehead atoms. The number of nitrogens with one attached hydrogen (secondary N) is 1. The highest BCUT2D eigenvalue weighted by Crippen LogP contribution is 2.46. The van der Waals surface area contributed by atoms with E-state index in [-0.39, 0.29) is 30.5 Å². The third kappa shape index (κ3) is 3.65. The fraction of sp³-hybridized carbons (Fsp3) is 0.240. The second-order valence-corrected chi connectivity index (χ2v) is 7.84. The Balaban J connectivity index is 1.52. The number of likely N-dealkylation sites (tertiary alicyclic amines) is 1. The normalized spacial score (nSPS) is 21.3. The molecule has 1 saturated heterocycles. The summed E-state index contributed by atoms with van der Waals surface area (Å²) in [6, 6.07) is 15.0. The number of benzene rings is 1. The second kappa shape index (κ2) is 8.21. The first-order valence-corrected chi connectivity index (χ1v) is 10.4. The Labute approximate surface area is 181 Å². The van der Waals surface area contributed by atoms with E-state index in [2.05, 4.69) is 33.2 Å². The van der Waals surface area contributed by atoms with Crippen molar-refractivity contribution in [3.05, 3.63) is 89.5 Å². The first kappa shape index (κ1) is 19.3. The van der Waals surface area contributed by atoms with Gasteiger partial charge >= 0.3 is 0 Å². The van der Waals surface area contributed by atoms with Crippen LogP contribution in [0.1, 0.15) is 39.6 Å². The van der Waals surface area contributed by atoms with Gasteiger partial charge in [-0.25, -0.2) is 0 Å². The summed E-state index contributed by atoms with van der Waals surface area (Å²) in [5, 5.41) is 13.4. The molecule has 31 heavy (non-hydrogen) atoms. The SMILES string of the molecule is O=C(c1ccccn1)N1CC[C@@H]2[C@H](CO)Nc3ccc(C#Cc4cccnc4)cc3[C@@H]21. The molecule has 0 saturated carbocycles. The summed E-state index contributed by atoms with van der Waals surface area (Å²) in [5.41, 5.74) is 4.14. The highest BCUT2D eigenvalue weighted by molar-refractivity contribution is 5.93. The standard InChI is InChI=1S/C25H22N4O2/c30-16-23-19-10-13-29(25(31)22-5-1-2-12-27-22)24(19)20-14-17(8-9-21(20)28-23)6-7-18-4-3-11-26-15-18/h1-5,8-9,11-12,14-15,19,23-24,28,30H,10,13,16H2/t19-,23+,24-/m1/s1. The number of aliphatic hydroxyl groups is 1. The summed E-state index contributed by atoms with van der Waals surface area (Å²) in [4.78, 5) is 23.5. The first-order chi connectivity index (χ1) is 15.2. The Kier molecular flexibility index (Phi) is 5.11. The number of fused-ring (bicyclic) bond motifs is 3. The van der Waals surface area contributed by atoms with Crippen LogP contribution in [0.15, 0.2) is 67.1 Å². The van der Waals surface area contributed by atoms with Gasteiger partial charge in [-0.2, -0.15) is 0 Å². The highest BCUT2D eigenvalue weighted by Gasteiger charge is 2.46. The molecule has 0 unspecified atom stereocenters. The molecule has 0 aliphatic carbocycles. The predicted octanol–water partition coefficient (Wildman–Crippen LogP) is 2.87. The van der Waals surface area contributed by atoms with Gasteiger partial charge < -0.3 is 15.3 Å². The number of hydrogen-bond donors (Lipinski definition) is 2. The Morgan fingerprint density at radius 3 is 2.81 bits per heavy atom. The number of carbonyl (C=O) groups excluding carboxylic acids is 1. The maximum Gasteiger partial charge on any atom is 0.272 e. The number of nitrogens with zero attached hydrogens (tertiary/aromatic N) is 3. The highest BCUT2D eigenvalue weighted by atomic mass is 16.3. The Bertz CT molecular complexity index is 1150. The van der Waals surface area contributed by atoms with Crippen LogP contribution in [0, 0.1) is 17.8 Å². The summed E-state index contributed by atoms with van der Waals surface area (Å²) >= 11 is 0. The van der Waals surface area contributed by atoms with E-state index in [1.807, 2.05) is 35.2 Å². The number of amides is 1. The van der Waals surface area contributed by atoms with Gasteiger partial charge in [-0.3, -0.25) is 14.8 Å².